The number of nitrogens with one attached hydrogen (secondary N) is 1. The van der Waals surface area contributed by atoms with E-state index in [-0.39, 0.29) is 0 Å². The first kappa shape index (κ1) is 10.9. The van der Waals surface area contributed by atoms with E-state index in [2.05, 4.69) is 12.3 Å². The molecule has 0 saturated carbocycles. The third kappa shape index (κ3) is 7.78. The summed E-state index contributed by atoms with van der Waals surface area (Å²) in [5.41, 5.74) is 8.29. The summed E-state index contributed by atoms with van der Waals surface area (Å²) in [4.78, 5) is 0. The Bertz CT molecular complexity index is 83.4. The molecule has 2 atom stereocenters. The van der Waals surface area contributed by atoms with E-state index < -0.39 is 0 Å². The molecule has 0 fully saturated rings. The highest BCUT2D eigenvalue weighted by Crippen LogP contribution is 2.07. The molecule has 3 nitrogen and oxygen atoms in total. The second-order valence-corrected chi connectivity index (χ2v) is 3.42. The lowest BCUT2D eigenvalue weighted by molar-refractivity contribution is 0.453. The van der Waals surface area contributed by atoms with Crippen molar-refractivity contribution in [2.24, 2.45) is 17.5 Å². The Morgan fingerprint density at radius 3 is 2.36 bits per heavy atom. The van der Waals surface area contributed by atoms with Gasteiger partial charge in [-0.15, -0.1) is 0 Å². The molecular formula is C8H21N3. The first-order valence-electron chi connectivity index (χ1n) is 4.36. The number of hydrogen-bond donors (Lipinski definition) is 3. The topological polar surface area (TPSA) is 64.1 Å². The summed E-state index contributed by atoms with van der Waals surface area (Å²) >= 11 is 0. The number of rotatable bonds is 6. The van der Waals surface area contributed by atoms with Gasteiger partial charge in [-0.2, -0.15) is 0 Å². The zero-order valence-electron chi connectivity index (χ0n) is 7.64. The van der Waals surface area contributed by atoms with Gasteiger partial charge in [0.05, 0.1) is 0 Å². The van der Waals surface area contributed by atoms with E-state index in [1.807, 2.05) is 6.92 Å². The van der Waals surface area contributed by atoms with Crippen molar-refractivity contribution >= 4 is 0 Å². The summed E-state index contributed by atoms with van der Waals surface area (Å²) in [7, 11) is 0. The van der Waals surface area contributed by atoms with E-state index in [0.29, 0.717) is 12.0 Å². The van der Waals surface area contributed by atoms with Crippen LogP contribution in [0.15, 0.2) is 0 Å². The highest BCUT2D eigenvalue weighted by molar-refractivity contribution is 4.58. The maximum absolute atomic E-state index is 5.61. The van der Waals surface area contributed by atoms with Crippen LogP contribution < -0.4 is 17.0 Å². The van der Waals surface area contributed by atoms with E-state index >= 15 is 0 Å². The lowest BCUT2D eigenvalue weighted by atomic mass is 10.0. The molecule has 0 bridgehead atoms. The number of nitrogens with two attached hydrogens (primary N) is 2. The van der Waals surface area contributed by atoms with Gasteiger partial charge >= 0.3 is 0 Å². The van der Waals surface area contributed by atoms with Crippen LogP contribution in [0.25, 0.3) is 0 Å². The molecule has 11 heavy (non-hydrogen) atoms. The normalized spacial score (nSPS) is 16.4. The minimum absolute atomic E-state index is 0.341. The standard InChI is InChI=1S/C8H21N3/c1-7(6-11-10)4-3-5-8(2)9/h7-8,11H,3-6,9-10H2,1-2H3. The Morgan fingerprint density at radius 1 is 1.27 bits per heavy atom. The number of hydrazine groups is 1. The monoisotopic (exact) mass is 159 g/mol. The minimum Gasteiger partial charge on any atom is -0.328 e. The van der Waals surface area contributed by atoms with Gasteiger partial charge in [0.2, 0.25) is 0 Å². The highest BCUT2D eigenvalue weighted by atomic mass is 15.2. The van der Waals surface area contributed by atoms with Crippen LogP contribution in [-0.2, 0) is 0 Å². The fourth-order valence-electron chi connectivity index (χ4n) is 1.09. The quantitative estimate of drug-likeness (QED) is 0.393. The molecule has 3 heteroatoms. The van der Waals surface area contributed by atoms with Crippen molar-refractivity contribution in [1.29, 1.82) is 0 Å². The van der Waals surface area contributed by atoms with Crippen molar-refractivity contribution < 1.29 is 0 Å². The third-order valence-corrected chi connectivity index (χ3v) is 1.82. The first-order valence-corrected chi connectivity index (χ1v) is 4.36. The molecule has 0 aromatic carbocycles. The molecule has 0 amide bonds. The van der Waals surface area contributed by atoms with E-state index in [4.69, 9.17) is 11.6 Å². The van der Waals surface area contributed by atoms with E-state index in [9.17, 15) is 0 Å². The molecule has 0 heterocycles. The van der Waals surface area contributed by atoms with Crippen LogP contribution in [0.1, 0.15) is 33.1 Å². The molecule has 0 radical (unpaired) electrons. The van der Waals surface area contributed by atoms with Gasteiger partial charge in [0.25, 0.3) is 0 Å². The Labute approximate surface area is 69.5 Å². The van der Waals surface area contributed by atoms with Crippen molar-refractivity contribution in [2.45, 2.75) is 39.2 Å². The number of hydrogen-bond acceptors (Lipinski definition) is 3. The highest BCUT2D eigenvalue weighted by Gasteiger charge is 2.01. The SMILES string of the molecule is CC(N)CCCC(C)CNN. The van der Waals surface area contributed by atoms with Crippen LogP contribution in [0.5, 0.6) is 0 Å². The van der Waals surface area contributed by atoms with Crippen molar-refractivity contribution in [2.75, 3.05) is 6.54 Å². The molecular weight excluding hydrogens is 138 g/mol. The minimum atomic E-state index is 0.341. The van der Waals surface area contributed by atoms with E-state index in [1.54, 1.807) is 0 Å². The predicted molar refractivity (Wildman–Crippen MR) is 48.9 cm³/mol. The molecule has 5 N–H and O–H groups in total. The summed E-state index contributed by atoms with van der Waals surface area (Å²) in [5, 5.41) is 0. The molecule has 0 aromatic heterocycles. The van der Waals surface area contributed by atoms with Crippen molar-refractivity contribution in [3.8, 4) is 0 Å². The van der Waals surface area contributed by atoms with Gasteiger partial charge in [-0.3, -0.25) is 11.3 Å². The molecule has 0 spiro atoms. The largest absolute Gasteiger partial charge is 0.328 e. The average Bonchev–Trinajstić information content (AvgIpc) is 1.87. The Hall–Kier alpha value is -0.120. The Morgan fingerprint density at radius 2 is 1.91 bits per heavy atom. The fourth-order valence-corrected chi connectivity index (χ4v) is 1.09. The molecule has 0 aliphatic rings. The van der Waals surface area contributed by atoms with Crippen molar-refractivity contribution in [1.82, 2.24) is 5.43 Å². The first-order chi connectivity index (χ1) is 5.16. The van der Waals surface area contributed by atoms with Gasteiger partial charge < -0.3 is 5.73 Å². The fraction of sp³-hybridized carbons (Fsp3) is 1.00. The lowest BCUT2D eigenvalue weighted by Gasteiger charge is -2.10. The van der Waals surface area contributed by atoms with E-state index in [0.717, 1.165) is 13.0 Å². The van der Waals surface area contributed by atoms with Crippen LogP contribution in [0, 0.1) is 5.92 Å². The summed E-state index contributed by atoms with van der Waals surface area (Å²) in [6, 6.07) is 0.341. The summed E-state index contributed by atoms with van der Waals surface area (Å²) < 4.78 is 0. The summed E-state index contributed by atoms with van der Waals surface area (Å²) in [5.74, 6) is 5.85. The van der Waals surface area contributed by atoms with Crippen LogP contribution in [0.3, 0.4) is 0 Å². The summed E-state index contributed by atoms with van der Waals surface area (Å²) in [6.07, 6.45) is 3.54. The second kappa shape index (κ2) is 6.58. The van der Waals surface area contributed by atoms with Gasteiger partial charge in [0.1, 0.15) is 0 Å². The van der Waals surface area contributed by atoms with Crippen molar-refractivity contribution in [3.63, 3.8) is 0 Å². The molecule has 68 valence electrons. The molecule has 0 aliphatic heterocycles. The van der Waals surface area contributed by atoms with Gasteiger partial charge in [-0.05, 0) is 25.7 Å². The molecule has 0 rings (SSSR count). The molecule has 0 aromatic rings. The van der Waals surface area contributed by atoms with Crippen LogP contribution in [-0.4, -0.2) is 12.6 Å². The smallest absolute Gasteiger partial charge is 0.0123 e. The molecule has 0 saturated heterocycles. The van der Waals surface area contributed by atoms with Crippen LogP contribution >= 0.6 is 0 Å². The second-order valence-electron chi connectivity index (χ2n) is 3.42. The van der Waals surface area contributed by atoms with Crippen LogP contribution in [0.4, 0.5) is 0 Å². The van der Waals surface area contributed by atoms with Crippen LogP contribution in [0.2, 0.25) is 0 Å². The Balaban J connectivity index is 3.10. The van der Waals surface area contributed by atoms with E-state index in [1.165, 1.54) is 12.8 Å². The van der Waals surface area contributed by atoms with Crippen molar-refractivity contribution in [3.05, 3.63) is 0 Å². The van der Waals surface area contributed by atoms with Gasteiger partial charge in [-0.1, -0.05) is 13.3 Å². The van der Waals surface area contributed by atoms with Gasteiger partial charge in [-0.25, -0.2) is 0 Å². The Kier molecular flexibility index (Phi) is 6.51. The zero-order valence-corrected chi connectivity index (χ0v) is 7.64. The summed E-state index contributed by atoms with van der Waals surface area (Å²) in [6.45, 7) is 5.14. The molecule has 0 aliphatic carbocycles. The predicted octanol–water partition coefficient (Wildman–Crippen LogP) is 0.603. The molecule has 2 unspecified atom stereocenters. The zero-order chi connectivity index (χ0) is 8.69. The maximum Gasteiger partial charge on any atom is 0.0123 e. The van der Waals surface area contributed by atoms with Gasteiger partial charge in [0.15, 0.2) is 0 Å². The maximum atomic E-state index is 5.61. The third-order valence-electron chi connectivity index (χ3n) is 1.82. The van der Waals surface area contributed by atoms with Gasteiger partial charge in [0, 0.05) is 12.6 Å². The average molecular weight is 159 g/mol. The lowest BCUT2D eigenvalue weighted by Crippen LogP contribution is -2.27.